The molecule has 180 valence electrons. The second-order valence-corrected chi connectivity index (χ2v) is 10.5. The fourth-order valence-corrected chi connectivity index (χ4v) is 4.79. The van der Waals surface area contributed by atoms with Crippen LogP contribution in [0.3, 0.4) is 0 Å². The first-order valence-electron chi connectivity index (χ1n) is 11.3. The summed E-state index contributed by atoms with van der Waals surface area (Å²) in [5.41, 5.74) is 0.745. The first-order chi connectivity index (χ1) is 15.6. The van der Waals surface area contributed by atoms with Gasteiger partial charge in [0.05, 0.1) is 13.2 Å². The van der Waals surface area contributed by atoms with E-state index in [1.165, 1.54) is 4.88 Å². The number of hydrogen-bond acceptors (Lipinski definition) is 5. The van der Waals surface area contributed by atoms with Gasteiger partial charge in [0.2, 0.25) is 5.91 Å². The van der Waals surface area contributed by atoms with Gasteiger partial charge in [0.15, 0.2) is 0 Å². The molecule has 0 radical (unpaired) electrons. The van der Waals surface area contributed by atoms with Gasteiger partial charge in [0, 0.05) is 29.1 Å². The first kappa shape index (κ1) is 24.9. The summed E-state index contributed by atoms with van der Waals surface area (Å²) in [5.74, 6) is 1.33. The summed E-state index contributed by atoms with van der Waals surface area (Å²) in [6.07, 6.45) is 0.810. The molecular formula is C25H35N3O4S. The Morgan fingerprint density at radius 2 is 1.97 bits per heavy atom. The van der Waals surface area contributed by atoms with Crippen LogP contribution in [0.4, 0.5) is 4.79 Å². The van der Waals surface area contributed by atoms with E-state index >= 15 is 0 Å². The predicted molar refractivity (Wildman–Crippen MR) is 131 cm³/mol. The number of nitrogens with zero attached hydrogens (tertiary/aromatic N) is 2. The fourth-order valence-electron chi connectivity index (χ4n) is 3.86. The molecule has 1 unspecified atom stereocenters. The molecule has 0 aliphatic carbocycles. The zero-order chi connectivity index (χ0) is 24.2. The van der Waals surface area contributed by atoms with Crippen molar-refractivity contribution < 1.29 is 19.1 Å². The first-order valence-corrected chi connectivity index (χ1v) is 12.2. The van der Waals surface area contributed by atoms with Crippen molar-refractivity contribution in [3.05, 3.63) is 46.2 Å². The predicted octanol–water partition coefficient (Wildman–Crippen LogP) is 4.48. The summed E-state index contributed by atoms with van der Waals surface area (Å²) in [6, 6.07) is 8.98. The highest BCUT2D eigenvalue weighted by Gasteiger charge is 2.34. The second kappa shape index (κ2) is 10.5. The maximum absolute atomic E-state index is 13.5. The Morgan fingerprint density at radius 3 is 2.64 bits per heavy atom. The Labute approximate surface area is 200 Å². The van der Waals surface area contributed by atoms with Gasteiger partial charge in [0.1, 0.15) is 24.7 Å². The molecule has 33 heavy (non-hydrogen) atoms. The Hall–Kier alpha value is -2.74. The topological polar surface area (TPSA) is 71.1 Å². The minimum atomic E-state index is -0.378. The summed E-state index contributed by atoms with van der Waals surface area (Å²) in [4.78, 5) is 31.0. The molecule has 1 aromatic carbocycles. The molecule has 0 saturated heterocycles. The van der Waals surface area contributed by atoms with E-state index in [0.29, 0.717) is 18.9 Å². The number of carbonyl (C=O) groups is 2. The number of fused-ring (bicyclic) bond motifs is 1. The number of thiophene rings is 1. The van der Waals surface area contributed by atoms with Crippen molar-refractivity contribution in [3.8, 4) is 11.5 Å². The van der Waals surface area contributed by atoms with Crippen molar-refractivity contribution >= 4 is 23.3 Å². The van der Waals surface area contributed by atoms with E-state index in [1.54, 1.807) is 23.3 Å². The summed E-state index contributed by atoms with van der Waals surface area (Å²) < 4.78 is 11.4. The van der Waals surface area contributed by atoms with Crippen molar-refractivity contribution in [2.24, 2.45) is 0 Å². The van der Waals surface area contributed by atoms with Crippen molar-refractivity contribution in [2.75, 3.05) is 26.8 Å². The summed E-state index contributed by atoms with van der Waals surface area (Å²) in [7, 11) is 1.62. The van der Waals surface area contributed by atoms with Crippen LogP contribution < -0.4 is 14.8 Å². The molecule has 1 aliphatic heterocycles. The third-order valence-electron chi connectivity index (χ3n) is 5.54. The third kappa shape index (κ3) is 6.41. The molecule has 0 fully saturated rings. The molecule has 1 aromatic heterocycles. The smallest absolute Gasteiger partial charge is 0.318 e. The minimum Gasteiger partial charge on any atom is -0.497 e. The highest BCUT2D eigenvalue weighted by Crippen LogP contribution is 2.34. The average molecular weight is 474 g/mol. The SMILES string of the molecule is COc1cccc(OCC2c3ccsc3CCN2C(=O)CN(C(=O)NC(C)(C)C)C(C)C)c1. The lowest BCUT2D eigenvalue weighted by Crippen LogP contribution is -2.54. The molecule has 0 bridgehead atoms. The maximum Gasteiger partial charge on any atom is 0.318 e. The van der Waals surface area contributed by atoms with Crippen LogP contribution in [0.15, 0.2) is 35.7 Å². The Bertz CT molecular complexity index is 967. The summed E-state index contributed by atoms with van der Waals surface area (Å²) >= 11 is 1.71. The van der Waals surface area contributed by atoms with E-state index in [2.05, 4.69) is 16.8 Å². The molecule has 2 aromatic rings. The zero-order valence-electron chi connectivity index (χ0n) is 20.4. The molecule has 0 spiro atoms. The van der Waals surface area contributed by atoms with Crippen molar-refractivity contribution in [1.29, 1.82) is 0 Å². The van der Waals surface area contributed by atoms with Crippen LogP contribution in [0.25, 0.3) is 0 Å². The summed E-state index contributed by atoms with van der Waals surface area (Å²) in [6.45, 7) is 10.6. The van der Waals surface area contributed by atoms with E-state index in [1.807, 2.05) is 63.8 Å². The highest BCUT2D eigenvalue weighted by atomic mass is 32.1. The molecule has 2 heterocycles. The number of rotatable bonds is 7. The number of ether oxygens (including phenoxy) is 2. The van der Waals surface area contributed by atoms with E-state index in [-0.39, 0.29) is 36.1 Å². The molecule has 8 heteroatoms. The quantitative estimate of drug-likeness (QED) is 0.644. The lowest BCUT2D eigenvalue weighted by Gasteiger charge is -2.38. The Kier molecular flexibility index (Phi) is 7.89. The average Bonchev–Trinajstić information content (AvgIpc) is 3.23. The minimum absolute atomic E-state index is 0.0225. The van der Waals surface area contributed by atoms with Crippen LogP contribution in [0.2, 0.25) is 0 Å². The third-order valence-corrected chi connectivity index (χ3v) is 6.53. The molecule has 1 N–H and O–H groups in total. The largest absolute Gasteiger partial charge is 0.497 e. The molecule has 1 aliphatic rings. The normalized spacial score (nSPS) is 15.7. The number of nitrogens with one attached hydrogen (secondary N) is 1. The number of methoxy groups -OCH3 is 1. The standard InChI is InChI=1S/C25H35N3O4S/c1-17(2)28(24(30)26-25(3,4)5)15-23(29)27-12-10-22-20(11-13-33-22)21(27)16-32-19-9-7-8-18(14-19)31-6/h7-9,11,13-14,17,21H,10,12,15-16H2,1-6H3,(H,26,30). The molecule has 3 rings (SSSR count). The van der Waals surface area contributed by atoms with Crippen LogP contribution in [0, 0.1) is 0 Å². The number of benzene rings is 1. The lowest BCUT2D eigenvalue weighted by atomic mass is 10.0. The van der Waals surface area contributed by atoms with Gasteiger partial charge in [-0.25, -0.2) is 4.79 Å². The van der Waals surface area contributed by atoms with Crippen LogP contribution in [-0.2, 0) is 11.2 Å². The van der Waals surface area contributed by atoms with Gasteiger partial charge in [-0.2, -0.15) is 0 Å². The molecular weight excluding hydrogens is 438 g/mol. The second-order valence-electron chi connectivity index (χ2n) is 9.54. The fraction of sp³-hybridized carbons (Fsp3) is 0.520. The van der Waals surface area contributed by atoms with E-state index in [0.717, 1.165) is 17.7 Å². The number of carbonyl (C=O) groups excluding carboxylic acids is 2. The van der Waals surface area contributed by atoms with E-state index in [9.17, 15) is 9.59 Å². The monoisotopic (exact) mass is 473 g/mol. The van der Waals surface area contributed by atoms with Gasteiger partial charge >= 0.3 is 6.03 Å². The Balaban J connectivity index is 1.77. The van der Waals surface area contributed by atoms with Crippen molar-refractivity contribution in [2.45, 2.75) is 58.7 Å². The van der Waals surface area contributed by atoms with Gasteiger partial charge in [-0.05, 0) is 70.2 Å². The van der Waals surface area contributed by atoms with E-state index in [4.69, 9.17) is 9.47 Å². The number of hydrogen-bond donors (Lipinski definition) is 1. The zero-order valence-corrected chi connectivity index (χ0v) is 21.2. The van der Waals surface area contributed by atoms with Crippen LogP contribution in [-0.4, -0.2) is 60.1 Å². The van der Waals surface area contributed by atoms with Crippen LogP contribution in [0.1, 0.15) is 51.1 Å². The van der Waals surface area contributed by atoms with Gasteiger partial charge in [-0.3, -0.25) is 4.79 Å². The molecule has 7 nitrogen and oxygen atoms in total. The molecule has 1 atom stereocenters. The van der Waals surface area contributed by atoms with Gasteiger partial charge < -0.3 is 24.6 Å². The van der Waals surface area contributed by atoms with Gasteiger partial charge in [0.25, 0.3) is 0 Å². The number of urea groups is 1. The van der Waals surface area contributed by atoms with Crippen LogP contribution in [0.5, 0.6) is 11.5 Å². The maximum atomic E-state index is 13.5. The molecule has 3 amide bonds. The Morgan fingerprint density at radius 1 is 1.24 bits per heavy atom. The van der Waals surface area contributed by atoms with Crippen molar-refractivity contribution in [1.82, 2.24) is 15.1 Å². The number of amides is 3. The van der Waals surface area contributed by atoms with Gasteiger partial charge in [-0.15, -0.1) is 11.3 Å². The summed E-state index contributed by atoms with van der Waals surface area (Å²) in [5, 5.41) is 5.03. The highest BCUT2D eigenvalue weighted by molar-refractivity contribution is 7.10. The van der Waals surface area contributed by atoms with Crippen LogP contribution >= 0.6 is 11.3 Å². The van der Waals surface area contributed by atoms with Crippen molar-refractivity contribution in [3.63, 3.8) is 0 Å². The lowest BCUT2D eigenvalue weighted by molar-refractivity contribution is -0.135. The molecule has 0 saturated carbocycles. The van der Waals surface area contributed by atoms with Gasteiger partial charge in [-0.1, -0.05) is 6.07 Å². The van der Waals surface area contributed by atoms with E-state index < -0.39 is 0 Å².